The molecule has 1 N–H and O–H groups in total. The minimum Gasteiger partial charge on any atom is -0.497 e. The SMILES string of the molecule is COc1ccc(N2C(=S)N[C@@H](c3ccccn3)[C@H]2c2ccco2)cc1. The van der Waals surface area contributed by atoms with E-state index in [0.29, 0.717) is 5.11 Å². The number of thiocarbonyl (C=S) groups is 1. The highest BCUT2D eigenvalue weighted by Gasteiger charge is 2.42. The summed E-state index contributed by atoms with van der Waals surface area (Å²) in [6, 6.07) is 17.3. The summed E-state index contributed by atoms with van der Waals surface area (Å²) in [5.74, 6) is 1.64. The van der Waals surface area contributed by atoms with Crippen LogP contribution in [0.4, 0.5) is 5.69 Å². The Morgan fingerprint density at radius 2 is 1.96 bits per heavy atom. The van der Waals surface area contributed by atoms with E-state index in [1.165, 1.54) is 0 Å². The molecule has 0 radical (unpaired) electrons. The van der Waals surface area contributed by atoms with Gasteiger partial charge in [0.15, 0.2) is 5.11 Å². The Kier molecular flexibility index (Phi) is 4.11. The average Bonchev–Trinajstić information content (AvgIpc) is 3.30. The molecule has 1 fully saturated rings. The molecular weight excluding hydrogens is 334 g/mol. The van der Waals surface area contributed by atoms with Crippen LogP contribution < -0.4 is 15.0 Å². The summed E-state index contributed by atoms with van der Waals surface area (Å²) in [6.45, 7) is 0. The van der Waals surface area contributed by atoms with Crippen LogP contribution >= 0.6 is 12.2 Å². The van der Waals surface area contributed by atoms with Gasteiger partial charge in [-0.25, -0.2) is 0 Å². The molecule has 0 aliphatic carbocycles. The normalized spacial score (nSPS) is 19.7. The summed E-state index contributed by atoms with van der Waals surface area (Å²) < 4.78 is 11.0. The van der Waals surface area contributed by atoms with E-state index in [4.69, 9.17) is 21.4 Å². The molecule has 1 aliphatic heterocycles. The number of pyridine rings is 1. The summed E-state index contributed by atoms with van der Waals surface area (Å²) in [5.41, 5.74) is 1.89. The number of ether oxygens (including phenoxy) is 1. The maximum atomic E-state index is 5.72. The number of nitrogens with one attached hydrogen (secondary N) is 1. The van der Waals surface area contributed by atoms with Crippen molar-refractivity contribution in [3.8, 4) is 5.75 Å². The van der Waals surface area contributed by atoms with Crippen molar-refractivity contribution < 1.29 is 9.15 Å². The van der Waals surface area contributed by atoms with E-state index in [0.717, 1.165) is 22.9 Å². The van der Waals surface area contributed by atoms with Gasteiger partial charge >= 0.3 is 0 Å². The highest BCUT2D eigenvalue weighted by molar-refractivity contribution is 7.80. The second-order valence-corrected chi connectivity index (χ2v) is 6.10. The Balaban J connectivity index is 1.77. The number of furan rings is 1. The van der Waals surface area contributed by atoms with Gasteiger partial charge in [-0.2, -0.15) is 0 Å². The molecule has 1 saturated heterocycles. The highest BCUT2D eigenvalue weighted by Crippen LogP contribution is 2.41. The molecule has 0 spiro atoms. The molecule has 0 bridgehead atoms. The molecule has 6 heteroatoms. The predicted octanol–water partition coefficient (Wildman–Crippen LogP) is 3.86. The van der Waals surface area contributed by atoms with Gasteiger partial charge in [-0.1, -0.05) is 6.07 Å². The van der Waals surface area contributed by atoms with Crippen molar-refractivity contribution in [3.05, 3.63) is 78.5 Å². The van der Waals surface area contributed by atoms with Gasteiger partial charge in [0.25, 0.3) is 0 Å². The van der Waals surface area contributed by atoms with Crippen molar-refractivity contribution in [2.75, 3.05) is 12.0 Å². The molecule has 2 aromatic heterocycles. The third kappa shape index (κ3) is 2.85. The Bertz CT molecular complexity index is 850. The minimum atomic E-state index is -0.120. The van der Waals surface area contributed by atoms with E-state index >= 15 is 0 Å². The molecule has 5 nitrogen and oxygen atoms in total. The fourth-order valence-electron chi connectivity index (χ4n) is 3.12. The van der Waals surface area contributed by atoms with Crippen LogP contribution in [0.5, 0.6) is 5.75 Å². The van der Waals surface area contributed by atoms with Gasteiger partial charge in [0.05, 0.1) is 25.1 Å². The molecule has 0 saturated carbocycles. The van der Waals surface area contributed by atoms with Crippen molar-refractivity contribution in [1.29, 1.82) is 0 Å². The van der Waals surface area contributed by atoms with E-state index in [1.807, 2.05) is 54.6 Å². The van der Waals surface area contributed by atoms with Gasteiger partial charge < -0.3 is 19.4 Å². The first-order valence-corrected chi connectivity index (χ1v) is 8.37. The summed E-state index contributed by atoms with van der Waals surface area (Å²) in [5, 5.41) is 4.03. The van der Waals surface area contributed by atoms with Crippen molar-refractivity contribution in [3.63, 3.8) is 0 Å². The largest absolute Gasteiger partial charge is 0.497 e. The van der Waals surface area contributed by atoms with Crippen LogP contribution in [-0.2, 0) is 0 Å². The number of hydrogen-bond acceptors (Lipinski definition) is 4. The van der Waals surface area contributed by atoms with Crippen LogP contribution in [0.15, 0.2) is 71.5 Å². The molecule has 2 atom stereocenters. The van der Waals surface area contributed by atoms with Crippen molar-refractivity contribution in [2.45, 2.75) is 12.1 Å². The lowest BCUT2D eigenvalue weighted by atomic mass is 10.0. The van der Waals surface area contributed by atoms with Gasteiger partial charge in [0.1, 0.15) is 17.6 Å². The summed E-state index contributed by atoms with van der Waals surface area (Å²) in [7, 11) is 1.65. The average molecular weight is 351 g/mol. The second kappa shape index (κ2) is 6.57. The van der Waals surface area contributed by atoms with Crippen LogP contribution in [0, 0.1) is 0 Å². The lowest BCUT2D eigenvalue weighted by Gasteiger charge is -2.26. The zero-order valence-corrected chi connectivity index (χ0v) is 14.4. The maximum Gasteiger partial charge on any atom is 0.174 e. The number of benzene rings is 1. The third-order valence-corrected chi connectivity index (χ3v) is 4.60. The van der Waals surface area contributed by atoms with Gasteiger partial charge in [0, 0.05) is 11.9 Å². The van der Waals surface area contributed by atoms with Gasteiger partial charge in [-0.05, 0) is 60.7 Å². The quantitative estimate of drug-likeness (QED) is 0.721. The van der Waals surface area contributed by atoms with E-state index in [1.54, 1.807) is 19.6 Å². The van der Waals surface area contributed by atoms with Gasteiger partial charge in [-0.3, -0.25) is 4.98 Å². The first kappa shape index (κ1) is 15.7. The number of anilines is 1. The smallest absolute Gasteiger partial charge is 0.174 e. The van der Waals surface area contributed by atoms with Crippen molar-refractivity contribution in [2.24, 2.45) is 0 Å². The fourth-order valence-corrected chi connectivity index (χ4v) is 3.47. The number of nitrogens with zero attached hydrogens (tertiary/aromatic N) is 2. The number of hydrogen-bond donors (Lipinski definition) is 1. The van der Waals surface area contributed by atoms with E-state index in [9.17, 15) is 0 Å². The minimum absolute atomic E-state index is 0.0954. The van der Waals surface area contributed by atoms with E-state index < -0.39 is 0 Å². The molecule has 0 amide bonds. The number of rotatable bonds is 4. The molecule has 3 aromatic rings. The summed E-state index contributed by atoms with van der Waals surface area (Å²) in [4.78, 5) is 6.56. The lowest BCUT2D eigenvalue weighted by molar-refractivity contribution is 0.414. The molecule has 4 rings (SSSR count). The molecule has 126 valence electrons. The van der Waals surface area contributed by atoms with Crippen LogP contribution in [-0.4, -0.2) is 17.2 Å². The number of methoxy groups -OCH3 is 1. The van der Waals surface area contributed by atoms with Crippen LogP contribution in [0.3, 0.4) is 0 Å². The zero-order valence-electron chi connectivity index (χ0n) is 13.6. The fraction of sp³-hybridized carbons (Fsp3) is 0.158. The Morgan fingerprint density at radius 1 is 1.12 bits per heavy atom. The Morgan fingerprint density at radius 3 is 2.60 bits per heavy atom. The third-order valence-electron chi connectivity index (χ3n) is 4.28. The highest BCUT2D eigenvalue weighted by atomic mass is 32.1. The summed E-state index contributed by atoms with van der Waals surface area (Å²) >= 11 is 5.63. The van der Waals surface area contributed by atoms with Crippen LogP contribution in [0.1, 0.15) is 23.5 Å². The molecule has 0 unspecified atom stereocenters. The van der Waals surface area contributed by atoms with Gasteiger partial charge in [-0.15, -0.1) is 0 Å². The first-order valence-electron chi connectivity index (χ1n) is 7.96. The van der Waals surface area contributed by atoms with Crippen LogP contribution in [0.2, 0.25) is 0 Å². The molecule has 25 heavy (non-hydrogen) atoms. The second-order valence-electron chi connectivity index (χ2n) is 5.71. The Hall–Kier alpha value is -2.86. The van der Waals surface area contributed by atoms with Crippen molar-refractivity contribution >= 4 is 23.0 Å². The predicted molar refractivity (Wildman–Crippen MR) is 99.6 cm³/mol. The monoisotopic (exact) mass is 351 g/mol. The zero-order chi connectivity index (χ0) is 17.2. The standard InChI is InChI=1S/C19H17N3O2S/c1-23-14-9-7-13(8-10-14)22-18(16-6-4-12-24-16)17(21-19(22)25)15-5-2-3-11-20-15/h2-12,17-18H,1H3,(H,21,25)/t17-,18+/m0/s1. The van der Waals surface area contributed by atoms with Crippen LogP contribution in [0.25, 0.3) is 0 Å². The first-order chi connectivity index (χ1) is 12.3. The maximum absolute atomic E-state index is 5.72. The molecule has 1 aliphatic rings. The molecule has 1 aromatic carbocycles. The molecular formula is C19H17N3O2S. The number of aromatic nitrogens is 1. The van der Waals surface area contributed by atoms with E-state index in [2.05, 4.69) is 15.2 Å². The van der Waals surface area contributed by atoms with Crippen molar-refractivity contribution in [1.82, 2.24) is 10.3 Å². The lowest BCUT2D eigenvalue weighted by Crippen LogP contribution is -2.29. The van der Waals surface area contributed by atoms with E-state index in [-0.39, 0.29) is 12.1 Å². The summed E-state index contributed by atoms with van der Waals surface area (Å²) in [6.07, 6.45) is 3.47. The topological polar surface area (TPSA) is 50.5 Å². The Labute approximate surface area is 151 Å². The molecule has 3 heterocycles. The van der Waals surface area contributed by atoms with Gasteiger partial charge in [0.2, 0.25) is 0 Å².